The van der Waals surface area contributed by atoms with Crippen LogP contribution in [-0.2, 0) is 23.9 Å². The van der Waals surface area contributed by atoms with Gasteiger partial charge in [-0.05, 0) is 54.5 Å². The van der Waals surface area contributed by atoms with Crippen molar-refractivity contribution in [2.24, 2.45) is 10.4 Å². The number of guanidine groups is 1. The fraction of sp³-hybridized carbons (Fsp3) is 0.522. The minimum absolute atomic E-state index is 0.158. The van der Waals surface area contributed by atoms with Crippen LogP contribution < -0.4 is 10.6 Å². The number of aliphatic imine (C=N–C) groups is 1. The predicted molar refractivity (Wildman–Crippen MR) is 114 cm³/mol. The standard InChI is InChI=1S/C23H30F3N3O2/c1-30-14-11-22(9-4-10-22)17-29-21(27-12-8-20-7-3-13-31-20)28-16-18-5-2-6-19(15-18)23(24,25)26/h2-3,5-7,13,15H,4,8-12,14,16-17H2,1H3,(H2,27,28,29). The van der Waals surface area contributed by atoms with Crippen LogP contribution >= 0.6 is 0 Å². The summed E-state index contributed by atoms with van der Waals surface area (Å²) >= 11 is 0. The summed E-state index contributed by atoms with van der Waals surface area (Å²) in [6.45, 7) is 2.23. The van der Waals surface area contributed by atoms with Crippen molar-refractivity contribution in [2.75, 3.05) is 26.8 Å². The molecule has 2 aromatic rings. The lowest BCUT2D eigenvalue weighted by atomic mass is 9.67. The number of rotatable bonds is 10. The third kappa shape index (κ3) is 7.02. The van der Waals surface area contributed by atoms with Crippen LogP contribution in [0.4, 0.5) is 13.2 Å². The molecule has 170 valence electrons. The molecule has 3 rings (SSSR count). The molecule has 1 heterocycles. The van der Waals surface area contributed by atoms with E-state index in [-0.39, 0.29) is 12.0 Å². The molecule has 0 amide bonds. The minimum Gasteiger partial charge on any atom is -0.469 e. The minimum atomic E-state index is -4.36. The van der Waals surface area contributed by atoms with Crippen LogP contribution in [0.2, 0.25) is 0 Å². The van der Waals surface area contributed by atoms with E-state index >= 15 is 0 Å². The average Bonchev–Trinajstić information content (AvgIpc) is 3.23. The van der Waals surface area contributed by atoms with Crippen LogP contribution in [-0.4, -0.2) is 32.8 Å². The largest absolute Gasteiger partial charge is 0.469 e. The van der Waals surface area contributed by atoms with Crippen molar-refractivity contribution in [3.8, 4) is 0 Å². The van der Waals surface area contributed by atoms with Gasteiger partial charge in [0.2, 0.25) is 0 Å². The van der Waals surface area contributed by atoms with Gasteiger partial charge >= 0.3 is 6.18 Å². The summed E-state index contributed by atoms with van der Waals surface area (Å²) in [6.07, 6.45) is 2.41. The number of furan rings is 1. The molecule has 0 radical (unpaired) electrons. The zero-order chi connectivity index (χ0) is 22.2. The molecule has 2 N–H and O–H groups in total. The lowest BCUT2D eigenvalue weighted by molar-refractivity contribution is -0.137. The van der Waals surface area contributed by atoms with Gasteiger partial charge in [-0.1, -0.05) is 18.6 Å². The third-order valence-electron chi connectivity index (χ3n) is 5.80. The third-order valence-corrected chi connectivity index (χ3v) is 5.80. The number of nitrogens with one attached hydrogen (secondary N) is 2. The first kappa shape index (κ1) is 23.2. The molecule has 1 aliphatic carbocycles. The van der Waals surface area contributed by atoms with Gasteiger partial charge in [0.05, 0.1) is 18.4 Å². The Morgan fingerprint density at radius 3 is 2.68 bits per heavy atom. The van der Waals surface area contributed by atoms with Crippen molar-refractivity contribution >= 4 is 5.96 Å². The van der Waals surface area contributed by atoms with Gasteiger partial charge in [0.15, 0.2) is 5.96 Å². The molecule has 1 saturated carbocycles. The second-order valence-corrected chi connectivity index (χ2v) is 8.07. The zero-order valence-corrected chi connectivity index (χ0v) is 17.8. The molecule has 1 aromatic heterocycles. The van der Waals surface area contributed by atoms with Crippen molar-refractivity contribution in [3.63, 3.8) is 0 Å². The first-order valence-electron chi connectivity index (χ1n) is 10.6. The molecule has 8 heteroatoms. The number of hydrogen-bond donors (Lipinski definition) is 2. The van der Waals surface area contributed by atoms with Gasteiger partial charge in [0.25, 0.3) is 0 Å². The van der Waals surface area contributed by atoms with E-state index in [2.05, 4.69) is 15.6 Å². The summed E-state index contributed by atoms with van der Waals surface area (Å²) in [6, 6.07) is 9.04. The summed E-state index contributed by atoms with van der Waals surface area (Å²) in [5.41, 5.74) is 0.0449. The highest BCUT2D eigenvalue weighted by Gasteiger charge is 2.36. The molecule has 0 aliphatic heterocycles. The summed E-state index contributed by atoms with van der Waals surface area (Å²) in [5, 5.41) is 6.67. The second-order valence-electron chi connectivity index (χ2n) is 8.07. The predicted octanol–water partition coefficient (Wildman–Crippen LogP) is 4.78. The Kier molecular flexibility index (Phi) is 8.01. The number of alkyl halides is 3. The Hall–Kier alpha value is -2.48. The lowest BCUT2D eigenvalue weighted by Gasteiger charge is -2.42. The number of hydrogen-bond acceptors (Lipinski definition) is 3. The number of nitrogens with zero attached hydrogens (tertiary/aromatic N) is 1. The Morgan fingerprint density at radius 1 is 1.19 bits per heavy atom. The average molecular weight is 438 g/mol. The first-order chi connectivity index (χ1) is 14.9. The summed E-state index contributed by atoms with van der Waals surface area (Å²) < 4.78 is 49.6. The van der Waals surface area contributed by atoms with Gasteiger partial charge in [-0.25, -0.2) is 4.99 Å². The highest BCUT2D eigenvalue weighted by Crippen LogP contribution is 2.43. The molecule has 1 fully saturated rings. The molecule has 31 heavy (non-hydrogen) atoms. The molecule has 0 unspecified atom stereocenters. The molecule has 1 aliphatic rings. The van der Waals surface area contributed by atoms with E-state index in [9.17, 15) is 13.2 Å². The lowest BCUT2D eigenvalue weighted by Crippen LogP contribution is -2.47. The van der Waals surface area contributed by atoms with Crippen molar-refractivity contribution in [3.05, 3.63) is 59.5 Å². The van der Waals surface area contributed by atoms with Gasteiger partial charge < -0.3 is 19.8 Å². The van der Waals surface area contributed by atoms with Crippen molar-refractivity contribution < 1.29 is 22.3 Å². The van der Waals surface area contributed by atoms with Crippen molar-refractivity contribution in [2.45, 2.75) is 44.8 Å². The first-order valence-corrected chi connectivity index (χ1v) is 10.6. The van der Waals surface area contributed by atoms with E-state index in [1.54, 1.807) is 19.4 Å². The van der Waals surface area contributed by atoms with E-state index in [1.807, 2.05) is 12.1 Å². The maximum absolute atomic E-state index is 13.0. The monoisotopic (exact) mass is 437 g/mol. The van der Waals surface area contributed by atoms with Crippen LogP contribution in [0.3, 0.4) is 0 Å². The van der Waals surface area contributed by atoms with Gasteiger partial charge in [-0.2, -0.15) is 13.2 Å². The summed E-state index contributed by atoms with van der Waals surface area (Å²) in [4.78, 5) is 4.54. The van der Waals surface area contributed by atoms with Crippen LogP contribution in [0.1, 0.15) is 42.6 Å². The topological polar surface area (TPSA) is 58.8 Å². The maximum atomic E-state index is 13.0. The van der Waals surface area contributed by atoms with Crippen LogP contribution in [0.15, 0.2) is 52.1 Å². The van der Waals surface area contributed by atoms with Gasteiger partial charge in [-0.15, -0.1) is 0 Å². The second kappa shape index (κ2) is 10.7. The molecular formula is C23H30F3N3O2. The molecule has 0 bridgehead atoms. The molecule has 0 saturated heterocycles. The Bertz CT molecular complexity index is 831. The SMILES string of the molecule is COCCC1(CNC(=NCc2cccc(C(F)(F)F)c2)NCCc2ccco2)CCC1. The van der Waals surface area contributed by atoms with E-state index in [1.165, 1.54) is 12.5 Å². The van der Waals surface area contributed by atoms with E-state index in [0.29, 0.717) is 31.1 Å². The van der Waals surface area contributed by atoms with Gasteiger partial charge in [-0.3, -0.25) is 0 Å². The van der Waals surface area contributed by atoms with E-state index < -0.39 is 11.7 Å². The van der Waals surface area contributed by atoms with Crippen LogP contribution in [0, 0.1) is 5.41 Å². The number of methoxy groups -OCH3 is 1. The fourth-order valence-electron chi connectivity index (χ4n) is 3.73. The van der Waals surface area contributed by atoms with Crippen molar-refractivity contribution in [1.29, 1.82) is 0 Å². The Labute approximate surface area is 181 Å². The van der Waals surface area contributed by atoms with Gasteiger partial charge in [0, 0.05) is 33.2 Å². The highest BCUT2D eigenvalue weighted by atomic mass is 19.4. The zero-order valence-electron chi connectivity index (χ0n) is 17.8. The number of ether oxygens (including phenoxy) is 1. The number of halogens is 3. The fourth-order valence-corrected chi connectivity index (χ4v) is 3.73. The Balaban J connectivity index is 1.64. The maximum Gasteiger partial charge on any atom is 0.416 e. The van der Waals surface area contributed by atoms with Crippen LogP contribution in [0.25, 0.3) is 0 Å². The normalized spacial score (nSPS) is 16.1. The Morgan fingerprint density at radius 2 is 2.03 bits per heavy atom. The van der Waals surface area contributed by atoms with E-state index in [0.717, 1.165) is 43.7 Å². The summed E-state index contributed by atoms with van der Waals surface area (Å²) in [5.74, 6) is 1.45. The van der Waals surface area contributed by atoms with Crippen LogP contribution in [0.5, 0.6) is 0 Å². The molecule has 5 nitrogen and oxygen atoms in total. The molecular weight excluding hydrogens is 407 g/mol. The molecule has 0 spiro atoms. The highest BCUT2D eigenvalue weighted by molar-refractivity contribution is 5.79. The molecule has 1 aromatic carbocycles. The molecule has 0 atom stereocenters. The van der Waals surface area contributed by atoms with Crippen molar-refractivity contribution in [1.82, 2.24) is 10.6 Å². The quantitative estimate of drug-likeness (QED) is 0.415. The smallest absolute Gasteiger partial charge is 0.416 e. The summed E-state index contributed by atoms with van der Waals surface area (Å²) in [7, 11) is 1.71. The van der Waals surface area contributed by atoms with Gasteiger partial charge in [0.1, 0.15) is 5.76 Å². The number of benzene rings is 1. The van der Waals surface area contributed by atoms with E-state index in [4.69, 9.17) is 9.15 Å².